The van der Waals surface area contributed by atoms with Gasteiger partial charge in [0, 0.05) is 50.8 Å². The van der Waals surface area contributed by atoms with Gasteiger partial charge >= 0.3 is 0 Å². The van der Waals surface area contributed by atoms with E-state index in [1.807, 2.05) is 29.9 Å². The molecule has 0 fully saturated rings. The summed E-state index contributed by atoms with van der Waals surface area (Å²) in [5, 5.41) is 7.75. The zero-order chi connectivity index (χ0) is 13.0. The minimum Gasteiger partial charge on any atom is -0.384 e. The zero-order valence-corrected chi connectivity index (χ0v) is 11.2. The van der Waals surface area contributed by atoms with E-state index in [2.05, 4.69) is 22.3 Å². The van der Waals surface area contributed by atoms with Gasteiger partial charge in [-0.3, -0.25) is 0 Å². The van der Waals surface area contributed by atoms with Gasteiger partial charge in [-0.1, -0.05) is 6.92 Å². The summed E-state index contributed by atoms with van der Waals surface area (Å²) in [5.41, 5.74) is 3.01. The first kappa shape index (κ1) is 13.0. The Balaban J connectivity index is 1.91. The van der Waals surface area contributed by atoms with Crippen LogP contribution >= 0.6 is 0 Å². The van der Waals surface area contributed by atoms with Crippen molar-refractivity contribution in [1.82, 2.24) is 19.9 Å². The molecule has 0 amide bonds. The molecule has 0 saturated carbocycles. The van der Waals surface area contributed by atoms with Gasteiger partial charge < -0.3 is 10.1 Å². The molecule has 2 heterocycles. The Morgan fingerprint density at radius 1 is 1.50 bits per heavy atom. The number of methoxy groups -OCH3 is 1. The van der Waals surface area contributed by atoms with Crippen molar-refractivity contribution in [1.29, 1.82) is 0 Å². The van der Waals surface area contributed by atoms with Gasteiger partial charge in [-0.15, -0.1) is 0 Å². The number of aromatic nitrogens is 3. The highest BCUT2D eigenvalue weighted by atomic mass is 16.5. The minimum absolute atomic E-state index is 0.513. The fourth-order valence-electron chi connectivity index (χ4n) is 1.93. The SMILES string of the molecule is COCC(C)CNCc1cnc2cc(C)nn2c1. The molecular weight excluding hydrogens is 228 g/mol. The summed E-state index contributed by atoms with van der Waals surface area (Å²) in [4.78, 5) is 4.37. The lowest BCUT2D eigenvalue weighted by atomic mass is 10.2. The Labute approximate surface area is 107 Å². The van der Waals surface area contributed by atoms with Gasteiger partial charge in [-0.05, 0) is 12.8 Å². The number of hydrogen-bond donors (Lipinski definition) is 1. The molecular formula is C13H20N4O. The maximum Gasteiger partial charge on any atom is 0.155 e. The standard InChI is InChI=1S/C13H20N4O/c1-10(9-18-3)5-14-6-12-7-15-13-4-11(2)16-17(13)8-12/h4,7-8,10,14H,5-6,9H2,1-3H3. The van der Waals surface area contributed by atoms with E-state index in [1.165, 1.54) is 0 Å². The fraction of sp³-hybridized carbons (Fsp3) is 0.538. The fourth-order valence-corrected chi connectivity index (χ4v) is 1.93. The number of nitrogens with one attached hydrogen (secondary N) is 1. The van der Waals surface area contributed by atoms with Gasteiger partial charge in [-0.25, -0.2) is 9.50 Å². The molecule has 18 heavy (non-hydrogen) atoms. The van der Waals surface area contributed by atoms with Crippen LogP contribution in [0.15, 0.2) is 18.5 Å². The predicted molar refractivity (Wildman–Crippen MR) is 70.5 cm³/mol. The van der Waals surface area contributed by atoms with Crippen molar-refractivity contribution < 1.29 is 4.74 Å². The van der Waals surface area contributed by atoms with Crippen LogP contribution in [-0.4, -0.2) is 34.9 Å². The first-order chi connectivity index (χ1) is 8.69. The van der Waals surface area contributed by atoms with Crippen molar-refractivity contribution in [3.05, 3.63) is 29.7 Å². The van der Waals surface area contributed by atoms with Crippen LogP contribution in [0.5, 0.6) is 0 Å². The second kappa shape index (κ2) is 5.93. The van der Waals surface area contributed by atoms with Gasteiger partial charge in [0.15, 0.2) is 5.65 Å². The lowest BCUT2D eigenvalue weighted by Gasteiger charge is -2.11. The number of ether oxygens (including phenoxy) is 1. The smallest absolute Gasteiger partial charge is 0.155 e. The Kier molecular flexibility index (Phi) is 4.28. The molecule has 1 atom stereocenters. The first-order valence-corrected chi connectivity index (χ1v) is 6.19. The van der Waals surface area contributed by atoms with Crippen LogP contribution in [0.2, 0.25) is 0 Å². The largest absolute Gasteiger partial charge is 0.384 e. The van der Waals surface area contributed by atoms with E-state index in [0.717, 1.165) is 36.6 Å². The molecule has 0 aliphatic rings. The highest BCUT2D eigenvalue weighted by molar-refractivity contribution is 5.38. The second-order valence-electron chi connectivity index (χ2n) is 4.74. The summed E-state index contributed by atoms with van der Waals surface area (Å²) in [6.07, 6.45) is 3.91. The van der Waals surface area contributed by atoms with Crippen molar-refractivity contribution in [2.75, 3.05) is 20.3 Å². The van der Waals surface area contributed by atoms with Crippen LogP contribution in [0, 0.1) is 12.8 Å². The summed E-state index contributed by atoms with van der Waals surface area (Å²) in [6.45, 7) is 6.65. The number of rotatable bonds is 6. The van der Waals surface area contributed by atoms with Gasteiger partial charge in [0.1, 0.15) is 0 Å². The zero-order valence-electron chi connectivity index (χ0n) is 11.2. The molecule has 0 spiro atoms. The van der Waals surface area contributed by atoms with Crippen molar-refractivity contribution >= 4 is 5.65 Å². The molecule has 98 valence electrons. The number of aryl methyl sites for hydroxylation is 1. The molecule has 0 aromatic carbocycles. The van der Waals surface area contributed by atoms with Crippen molar-refractivity contribution in [2.24, 2.45) is 5.92 Å². The lowest BCUT2D eigenvalue weighted by Crippen LogP contribution is -2.23. The number of nitrogens with zero attached hydrogens (tertiary/aromatic N) is 3. The quantitative estimate of drug-likeness (QED) is 0.840. The van der Waals surface area contributed by atoms with Gasteiger partial charge in [-0.2, -0.15) is 5.10 Å². The van der Waals surface area contributed by atoms with E-state index in [4.69, 9.17) is 4.74 Å². The maximum atomic E-state index is 5.10. The molecule has 0 bridgehead atoms. The Bertz CT molecular complexity index is 509. The summed E-state index contributed by atoms with van der Waals surface area (Å²) in [6, 6.07) is 1.97. The van der Waals surface area contributed by atoms with Crippen LogP contribution in [0.25, 0.3) is 5.65 Å². The predicted octanol–water partition coefficient (Wildman–Crippen LogP) is 1.41. The molecule has 1 unspecified atom stereocenters. The normalized spacial score (nSPS) is 13.1. The monoisotopic (exact) mass is 248 g/mol. The Hall–Kier alpha value is -1.46. The van der Waals surface area contributed by atoms with E-state index in [9.17, 15) is 0 Å². The van der Waals surface area contributed by atoms with Crippen LogP contribution in [0.1, 0.15) is 18.2 Å². The average molecular weight is 248 g/mol. The topological polar surface area (TPSA) is 51.5 Å². The molecule has 0 saturated heterocycles. The molecule has 0 aliphatic heterocycles. The lowest BCUT2D eigenvalue weighted by molar-refractivity contribution is 0.158. The summed E-state index contributed by atoms with van der Waals surface area (Å²) >= 11 is 0. The third-order valence-electron chi connectivity index (χ3n) is 2.76. The minimum atomic E-state index is 0.513. The van der Waals surface area contributed by atoms with Crippen molar-refractivity contribution in [2.45, 2.75) is 20.4 Å². The number of fused-ring (bicyclic) bond motifs is 1. The molecule has 0 radical (unpaired) electrons. The molecule has 2 rings (SSSR count). The third-order valence-corrected chi connectivity index (χ3v) is 2.76. The van der Waals surface area contributed by atoms with Gasteiger partial charge in [0.2, 0.25) is 0 Å². The van der Waals surface area contributed by atoms with Crippen LogP contribution in [0.3, 0.4) is 0 Å². The number of hydrogen-bond acceptors (Lipinski definition) is 4. The highest BCUT2D eigenvalue weighted by Gasteiger charge is 2.03. The van der Waals surface area contributed by atoms with E-state index in [-0.39, 0.29) is 0 Å². The Morgan fingerprint density at radius 2 is 2.33 bits per heavy atom. The molecule has 1 N–H and O–H groups in total. The maximum absolute atomic E-state index is 5.10. The highest BCUT2D eigenvalue weighted by Crippen LogP contribution is 2.04. The summed E-state index contributed by atoms with van der Waals surface area (Å²) in [7, 11) is 1.73. The van der Waals surface area contributed by atoms with Crippen LogP contribution in [0.4, 0.5) is 0 Å². The molecule has 2 aromatic heterocycles. The van der Waals surface area contributed by atoms with Crippen molar-refractivity contribution in [3.8, 4) is 0 Å². The molecule has 5 nitrogen and oxygen atoms in total. The molecule has 2 aromatic rings. The Morgan fingerprint density at radius 3 is 3.11 bits per heavy atom. The van der Waals surface area contributed by atoms with E-state index < -0.39 is 0 Å². The molecule has 5 heteroatoms. The summed E-state index contributed by atoms with van der Waals surface area (Å²) < 4.78 is 6.92. The van der Waals surface area contributed by atoms with Gasteiger partial charge in [0.25, 0.3) is 0 Å². The molecule has 0 aliphatic carbocycles. The van der Waals surface area contributed by atoms with E-state index in [1.54, 1.807) is 7.11 Å². The van der Waals surface area contributed by atoms with Crippen LogP contribution < -0.4 is 5.32 Å². The van der Waals surface area contributed by atoms with Crippen molar-refractivity contribution in [3.63, 3.8) is 0 Å². The van der Waals surface area contributed by atoms with Crippen LogP contribution in [-0.2, 0) is 11.3 Å². The average Bonchev–Trinajstić information content (AvgIpc) is 2.69. The van der Waals surface area contributed by atoms with E-state index in [0.29, 0.717) is 5.92 Å². The first-order valence-electron chi connectivity index (χ1n) is 6.19. The van der Waals surface area contributed by atoms with Gasteiger partial charge in [0.05, 0.1) is 5.69 Å². The van der Waals surface area contributed by atoms with E-state index >= 15 is 0 Å². The summed E-state index contributed by atoms with van der Waals surface area (Å²) in [5.74, 6) is 0.513. The second-order valence-corrected chi connectivity index (χ2v) is 4.74. The third kappa shape index (κ3) is 3.27.